The summed E-state index contributed by atoms with van der Waals surface area (Å²) in [5, 5.41) is 4.67. The molecule has 4 rings (SSSR count). The van der Waals surface area contributed by atoms with Gasteiger partial charge >= 0.3 is 0 Å². The highest BCUT2D eigenvalue weighted by molar-refractivity contribution is 7.18. The lowest BCUT2D eigenvalue weighted by atomic mass is 9.95. The largest absolute Gasteiger partial charge is 0.316 e. The molecule has 2 aliphatic rings. The molecule has 1 aromatic carbocycles. The molecule has 1 saturated carbocycles. The van der Waals surface area contributed by atoms with Gasteiger partial charge in [-0.05, 0) is 43.5 Å². The fourth-order valence-corrected chi connectivity index (χ4v) is 4.01. The summed E-state index contributed by atoms with van der Waals surface area (Å²) in [6.45, 7) is 4.46. The van der Waals surface area contributed by atoms with Crippen molar-refractivity contribution in [1.82, 2.24) is 10.3 Å². The zero-order valence-corrected chi connectivity index (χ0v) is 10.1. The minimum absolute atomic E-state index is 0.478. The molecule has 3 heteroatoms. The van der Waals surface area contributed by atoms with Crippen LogP contribution in [0.15, 0.2) is 18.2 Å². The van der Waals surface area contributed by atoms with E-state index in [4.69, 9.17) is 0 Å². The molecule has 2 fully saturated rings. The summed E-state index contributed by atoms with van der Waals surface area (Å²) in [6, 6.07) is 6.85. The van der Waals surface area contributed by atoms with Gasteiger partial charge in [0.25, 0.3) is 0 Å². The normalized spacial score (nSPS) is 31.9. The minimum Gasteiger partial charge on any atom is -0.316 e. The molecule has 82 valence electrons. The Labute approximate surface area is 98.7 Å². The Hall–Kier alpha value is -0.930. The van der Waals surface area contributed by atoms with Crippen LogP contribution in [0.3, 0.4) is 0 Å². The Morgan fingerprint density at radius 3 is 3.19 bits per heavy atom. The summed E-state index contributed by atoms with van der Waals surface area (Å²) in [5.74, 6) is 0.888. The van der Waals surface area contributed by atoms with E-state index in [-0.39, 0.29) is 0 Å². The number of hydrogen-bond donors (Lipinski definition) is 1. The van der Waals surface area contributed by atoms with Gasteiger partial charge < -0.3 is 5.32 Å². The molecule has 0 spiro atoms. The van der Waals surface area contributed by atoms with Crippen molar-refractivity contribution in [3.8, 4) is 0 Å². The molecule has 0 bridgehead atoms. The highest BCUT2D eigenvalue weighted by atomic mass is 32.1. The minimum atomic E-state index is 0.478. The van der Waals surface area contributed by atoms with Crippen molar-refractivity contribution in [2.75, 3.05) is 13.1 Å². The number of hydrogen-bond acceptors (Lipinski definition) is 3. The third kappa shape index (κ3) is 1.08. The summed E-state index contributed by atoms with van der Waals surface area (Å²) < 4.78 is 1.35. The second-order valence-electron chi connectivity index (χ2n) is 5.10. The zero-order chi connectivity index (χ0) is 10.8. The van der Waals surface area contributed by atoms with Crippen molar-refractivity contribution in [1.29, 1.82) is 0 Å². The van der Waals surface area contributed by atoms with Gasteiger partial charge in [-0.25, -0.2) is 4.98 Å². The second-order valence-corrected chi connectivity index (χ2v) is 6.34. The summed E-state index contributed by atoms with van der Waals surface area (Å²) in [5.41, 5.74) is 3.16. The number of benzene rings is 1. The first-order chi connectivity index (χ1) is 7.78. The molecule has 1 aromatic heterocycles. The molecular weight excluding hydrogens is 216 g/mol. The van der Waals surface area contributed by atoms with E-state index in [0.29, 0.717) is 5.41 Å². The van der Waals surface area contributed by atoms with Crippen LogP contribution in [0.4, 0.5) is 0 Å². The fourth-order valence-electron chi connectivity index (χ4n) is 3.14. The average molecular weight is 230 g/mol. The van der Waals surface area contributed by atoms with Crippen LogP contribution in [0.25, 0.3) is 10.2 Å². The number of piperidine rings is 1. The van der Waals surface area contributed by atoms with E-state index in [0.717, 1.165) is 11.4 Å². The monoisotopic (exact) mass is 230 g/mol. The number of aromatic nitrogens is 1. The summed E-state index contributed by atoms with van der Waals surface area (Å²) in [4.78, 5) is 4.52. The fraction of sp³-hybridized carbons (Fsp3) is 0.462. The van der Waals surface area contributed by atoms with Crippen molar-refractivity contribution >= 4 is 21.6 Å². The quantitative estimate of drug-likeness (QED) is 0.814. The van der Waals surface area contributed by atoms with Crippen LogP contribution in [-0.2, 0) is 5.41 Å². The lowest BCUT2D eigenvalue weighted by Crippen LogP contribution is -2.19. The number of thiazole rings is 1. The molecule has 2 atom stereocenters. The van der Waals surface area contributed by atoms with Crippen molar-refractivity contribution in [3.63, 3.8) is 0 Å². The van der Waals surface area contributed by atoms with Crippen LogP contribution in [0.2, 0.25) is 0 Å². The highest BCUT2D eigenvalue weighted by Gasteiger charge is 2.57. The topological polar surface area (TPSA) is 24.9 Å². The van der Waals surface area contributed by atoms with Gasteiger partial charge in [0.15, 0.2) is 0 Å². The third-order valence-electron chi connectivity index (χ3n) is 4.13. The highest BCUT2D eigenvalue weighted by Crippen LogP contribution is 2.56. The third-order valence-corrected chi connectivity index (χ3v) is 5.07. The Balaban J connectivity index is 1.86. The van der Waals surface area contributed by atoms with Gasteiger partial charge in [-0.1, -0.05) is 6.07 Å². The molecule has 2 nitrogen and oxygen atoms in total. The lowest BCUT2D eigenvalue weighted by Gasteiger charge is -2.11. The standard InChI is InChI=1S/C13H14N2S/c1-8-15-11-3-2-9(4-12(11)16-8)13-5-10(13)6-14-7-13/h2-4,10,14H,5-7H2,1H3. The number of nitrogens with one attached hydrogen (secondary N) is 1. The number of nitrogens with zero attached hydrogens (tertiary/aromatic N) is 1. The number of rotatable bonds is 1. The summed E-state index contributed by atoms with van der Waals surface area (Å²) in [6.07, 6.45) is 1.38. The molecule has 2 unspecified atom stereocenters. The van der Waals surface area contributed by atoms with E-state index in [9.17, 15) is 0 Å². The molecular formula is C13H14N2S. The van der Waals surface area contributed by atoms with Crippen LogP contribution in [0.5, 0.6) is 0 Å². The van der Waals surface area contributed by atoms with Gasteiger partial charge in [0.1, 0.15) is 0 Å². The van der Waals surface area contributed by atoms with Gasteiger partial charge in [-0.15, -0.1) is 11.3 Å². The van der Waals surface area contributed by atoms with Crippen molar-refractivity contribution < 1.29 is 0 Å². The predicted octanol–water partition coefficient (Wildman–Crippen LogP) is 2.47. The molecule has 0 radical (unpaired) electrons. The number of aryl methyl sites for hydroxylation is 1. The van der Waals surface area contributed by atoms with Gasteiger partial charge in [0.2, 0.25) is 0 Å². The zero-order valence-electron chi connectivity index (χ0n) is 9.29. The summed E-state index contributed by atoms with van der Waals surface area (Å²) in [7, 11) is 0. The van der Waals surface area contributed by atoms with E-state index in [1.54, 1.807) is 0 Å². The first-order valence-corrected chi connectivity index (χ1v) is 6.68. The van der Waals surface area contributed by atoms with Gasteiger partial charge in [-0.2, -0.15) is 0 Å². The van der Waals surface area contributed by atoms with E-state index in [1.165, 1.54) is 34.8 Å². The molecule has 0 amide bonds. The molecule has 16 heavy (non-hydrogen) atoms. The Kier molecular flexibility index (Phi) is 1.62. The maximum atomic E-state index is 4.52. The molecule has 1 aliphatic heterocycles. The van der Waals surface area contributed by atoms with Crippen molar-refractivity contribution in [3.05, 3.63) is 28.8 Å². The average Bonchev–Trinajstić information content (AvgIpc) is 2.68. The smallest absolute Gasteiger partial charge is 0.0907 e. The van der Waals surface area contributed by atoms with Crippen LogP contribution < -0.4 is 5.32 Å². The van der Waals surface area contributed by atoms with Crippen LogP contribution in [0, 0.1) is 12.8 Å². The van der Waals surface area contributed by atoms with E-state index < -0.39 is 0 Å². The SMILES string of the molecule is Cc1nc2ccc(C34CNCC3C4)cc2s1. The summed E-state index contributed by atoms with van der Waals surface area (Å²) >= 11 is 1.81. The van der Waals surface area contributed by atoms with Gasteiger partial charge in [-0.3, -0.25) is 0 Å². The Bertz CT molecular complexity index is 574. The first kappa shape index (κ1) is 9.14. The van der Waals surface area contributed by atoms with Crippen LogP contribution in [0.1, 0.15) is 17.0 Å². The van der Waals surface area contributed by atoms with E-state index in [1.807, 2.05) is 11.3 Å². The Morgan fingerprint density at radius 2 is 2.44 bits per heavy atom. The molecule has 1 saturated heterocycles. The van der Waals surface area contributed by atoms with Crippen LogP contribution in [-0.4, -0.2) is 18.1 Å². The first-order valence-electron chi connectivity index (χ1n) is 5.86. The molecule has 1 aliphatic carbocycles. The van der Waals surface area contributed by atoms with E-state index in [2.05, 4.69) is 35.4 Å². The Morgan fingerprint density at radius 1 is 1.50 bits per heavy atom. The second kappa shape index (κ2) is 2.84. The van der Waals surface area contributed by atoms with Crippen LogP contribution >= 0.6 is 11.3 Å². The van der Waals surface area contributed by atoms with E-state index >= 15 is 0 Å². The molecule has 1 N–H and O–H groups in total. The predicted molar refractivity (Wildman–Crippen MR) is 67.0 cm³/mol. The van der Waals surface area contributed by atoms with Crippen molar-refractivity contribution in [2.24, 2.45) is 5.92 Å². The lowest BCUT2D eigenvalue weighted by molar-refractivity contribution is 0.676. The maximum Gasteiger partial charge on any atom is 0.0907 e. The van der Waals surface area contributed by atoms with Gasteiger partial charge in [0, 0.05) is 12.0 Å². The van der Waals surface area contributed by atoms with Crippen molar-refractivity contribution in [2.45, 2.75) is 18.8 Å². The van der Waals surface area contributed by atoms with Gasteiger partial charge in [0.05, 0.1) is 15.2 Å². The maximum absolute atomic E-state index is 4.52. The molecule has 2 heterocycles. The number of fused-ring (bicyclic) bond motifs is 2. The molecule has 2 aromatic rings.